The summed E-state index contributed by atoms with van der Waals surface area (Å²) >= 11 is 0. The summed E-state index contributed by atoms with van der Waals surface area (Å²) in [5, 5.41) is 0. The fourth-order valence-corrected chi connectivity index (χ4v) is 5.04. The summed E-state index contributed by atoms with van der Waals surface area (Å²) in [6.45, 7) is 6.99. The second-order valence-corrected chi connectivity index (χ2v) is 10.4. The maximum absolute atomic E-state index is 6.20. The first-order chi connectivity index (χ1) is 17.4. The lowest BCUT2D eigenvalue weighted by molar-refractivity contribution is 0.331. The second kappa shape index (κ2) is 9.17. The van der Waals surface area contributed by atoms with Crippen molar-refractivity contribution in [2.75, 3.05) is 32.1 Å². The number of ether oxygens (including phenoxy) is 1. The lowest BCUT2D eigenvalue weighted by atomic mass is 10.0. The van der Waals surface area contributed by atoms with Crippen molar-refractivity contribution in [2.24, 2.45) is 5.92 Å². The molecular formula is C28H33N7O. The molecule has 4 heterocycles. The molecule has 0 spiro atoms. The summed E-state index contributed by atoms with van der Waals surface area (Å²) in [7, 11) is 4.12. The average molecular weight is 484 g/mol. The number of benzene rings is 1. The highest BCUT2D eigenvalue weighted by Gasteiger charge is 2.28. The number of hydrogen-bond donors (Lipinski definition) is 1. The molecular weight excluding hydrogens is 450 g/mol. The van der Waals surface area contributed by atoms with Gasteiger partial charge in [-0.3, -0.25) is 0 Å². The summed E-state index contributed by atoms with van der Waals surface area (Å²) in [6, 6.07) is 8.55. The van der Waals surface area contributed by atoms with Crippen LogP contribution in [-0.2, 0) is 19.5 Å². The standard InChI is InChI=1S/C28H33N7O/c1-17-23(11-19-5-6-19)28(33-26(30-17)16-34(3)4)35-9-10-36-25-8-7-20(12-22(25)15-35)21-13-24-27(29-14-21)32-18(2)31-24/h7-8,12-14,19H,5-6,9-11,15-16H2,1-4H3,(H,29,31,32). The van der Waals surface area contributed by atoms with Gasteiger partial charge in [0.15, 0.2) is 5.65 Å². The fourth-order valence-electron chi connectivity index (χ4n) is 5.04. The van der Waals surface area contributed by atoms with E-state index in [0.717, 1.165) is 88.7 Å². The molecule has 1 aliphatic carbocycles. The molecule has 6 rings (SSSR count). The highest BCUT2D eigenvalue weighted by molar-refractivity contribution is 5.78. The highest BCUT2D eigenvalue weighted by Crippen LogP contribution is 2.37. The minimum Gasteiger partial charge on any atom is -0.491 e. The van der Waals surface area contributed by atoms with Gasteiger partial charge in [-0.05, 0) is 76.9 Å². The van der Waals surface area contributed by atoms with Gasteiger partial charge in [-0.15, -0.1) is 0 Å². The van der Waals surface area contributed by atoms with Crippen LogP contribution in [0.2, 0.25) is 0 Å². The van der Waals surface area contributed by atoms with Gasteiger partial charge in [-0.2, -0.15) is 0 Å². The Kier molecular flexibility index (Phi) is 5.84. The molecule has 1 aliphatic heterocycles. The number of aryl methyl sites for hydroxylation is 2. The smallest absolute Gasteiger partial charge is 0.177 e. The third-order valence-corrected chi connectivity index (χ3v) is 7.01. The number of aromatic nitrogens is 5. The van der Waals surface area contributed by atoms with E-state index in [2.05, 4.69) is 70.0 Å². The van der Waals surface area contributed by atoms with E-state index in [9.17, 15) is 0 Å². The van der Waals surface area contributed by atoms with E-state index in [0.29, 0.717) is 6.61 Å². The molecule has 1 N–H and O–H groups in total. The molecule has 8 nitrogen and oxygen atoms in total. The molecule has 1 saturated carbocycles. The molecule has 8 heteroatoms. The molecule has 0 radical (unpaired) electrons. The molecule has 2 aliphatic rings. The number of imidazole rings is 1. The summed E-state index contributed by atoms with van der Waals surface area (Å²) in [4.78, 5) is 26.8. The highest BCUT2D eigenvalue weighted by atomic mass is 16.5. The Labute approximate surface area is 211 Å². The van der Waals surface area contributed by atoms with Crippen LogP contribution in [0.15, 0.2) is 30.5 Å². The van der Waals surface area contributed by atoms with Crippen molar-refractivity contribution in [2.45, 2.75) is 46.2 Å². The second-order valence-electron chi connectivity index (χ2n) is 10.4. The number of hydrogen-bond acceptors (Lipinski definition) is 7. The topological polar surface area (TPSA) is 83.1 Å². The summed E-state index contributed by atoms with van der Waals surface area (Å²) in [6.07, 6.45) is 5.57. The molecule has 186 valence electrons. The van der Waals surface area contributed by atoms with Crippen LogP contribution in [0, 0.1) is 19.8 Å². The number of aromatic amines is 1. The van der Waals surface area contributed by atoms with Crippen LogP contribution in [0.5, 0.6) is 5.75 Å². The average Bonchev–Trinajstić information content (AvgIpc) is 3.61. The molecule has 0 amide bonds. The lowest BCUT2D eigenvalue weighted by Crippen LogP contribution is -2.29. The third kappa shape index (κ3) is 4.65. The van der Waals surface area contributed by atoms with Crippen LogP contribution in [0.25, 0.3) is 22.3 Å². The van der Waals surface area contributed by atoms with Crippen LogP contribution < -0.4 is 9.64 Å². The maximum Gasteiger partial charge on any atom is 0.177 e. The molecule has 3 aromatic heterocycles. The van der Waals surface area contributed by atoms with Gasteiger partial charge in [0, 0.05) is 35.1 Å². The summed E-state index contributed by atoms with van der Waals surface area (Å²) in [5.74, 6) is 4.53. The molecule has 1 fully saturated rings. The van der Waals surface area contributed by atoms with Crippen molar-refractivity contribution in [1.29, 1.82) is 0 Å². The minimum atomic E-state index is 0.627. The van der Waals surface area contributed by atoms with Crippen LogP contribution in [0.1, 0.15) is 41.3 Å². The minimum absolute atomic E-state index is 0.627. The van der Waals surface area contributed by atoms with Gasteiger partial charge in [0.1, 0.15) is 29.8 Å². The van der Waals surface area contributed by atoms with Crippen molar-refractivity contribution >= 4 is 17.0 Å². The Morgan fingerprint density at radius 1 is 1.08 bits per heavy atom. The zero-order chi connectivity index (χ0) is 24.8. The van der Waals surface area contributed by atoms with Crippen LogP contribution in [-0.4, -0.2) is 57.1 Å². The monoisotopic (exact) mass is 483 g/mol. The van der Waals surface area contributed by atoms with Gasteiger partial charge in [0.25, 0.3) is 0 Å². The first-order valence-electron chi connectivity index (χ1n) is 12.8. The van der Waals surface area contributed by atoms with Crippen molar-refractivity contribution < 1.29 is 4.74 Å². The lowest BCUT2D eigenvalue weighted by Gasteiger charge is -2.26. The number of anilines is 1. The molecule has 36 heavy (non-hydrogen) atoms. The van der Waals surface area contributed by atoms with E-state index >= 15 is 0 Å². The maximum atomic E-state index is 6.20. The quantitative estimate of drug-likeness (QED) is 0.434. The van der Waals surface area contributed by atoms with Gasteiger partial charge >= 0.3 is 0 Å². The first kappa shape index (κ1) is 22.9. The van der Waals surface area contributed by atoms with E-state index < -0.39 is 0 Å². The van der Waals surface area contributed by atoms with Gasteiger partial charge in [-0.25, -0.2) is 19.9 Å². The molecule has 1 aromatic carbocycles. The number of fused-ring (bicyclic) bond motifs is 2. The molecule has 4 aromatic rings. The van der Waals surface area contributed by atoms with E-state index in [1.807, 2.05) is 13.1 Å². The zero-order valence-electron chi connectivity index (χ0n) is 21.5. The summed E-state index contributed by atoms with van der Waals surface area (Å²) in [5.41, 5.74) is 7.44. The van der Waals surface area contributed by atoms with Crippen molar-refractivity contribution in [1.82, 2.24) is 29.8 Å². The van der Waals surface area contributed by atoms with E-state index in [1.165, 1.54) is 18.4 Å². The predicted molar refractivity (Wildman–Crippen MR) is 141 cm³/mol. The van der Waals surface area contributed by atoms with E-state index in [-0.39, 0.29) is 0 Å². The van der Waals surface area contributed by atoms with Crippen LogP contribution in [0.3, 0.4) is 0 Å². The SMILES string of the molecule is Cc1nc2ncc(-c3ccc4c(c3)CN(c3nc(CN(C)C)nc(C)c3CC3CC3)CCO4)cc2[nH]1. The predicted octanol–water partition coefficient (Wildman–Crippen LogP) is 4.44. The Balaban J connectivity index is 1.36. The Morgan fingerprint density at radius 3 is 2.75 bits per heavy atom. The number of nitrogens with zero attached hydrogens (tertiary/aromatic N) is 6. The van der Waals surface area contributed by atoms with Gasteiger partial charge in [0.2, 0.25) is 0 Å². The third-order valence-electron chi connectivity index (χ3n) is 7.01. The first-order valence-corrected chi connectivity index (χ1v) is 12.8. The molecule has 0 unspecified atom stereocenters. The zero-order valence-corrected chi connectivity index (χ0v) is 21.5. The van der Waals surface area contributed by atoms with Gasteiger partial charge < -0.3 is 19.5 Å². The molecule has 0 bridgehead atoms. The van der Waals surface area contributed by atoms with Crippen molar-refractivity contribution in [3.05, 3.63) is 58.9 Å². The molecule has 0 saturated heterocycles. The molecule has 0 atom stereocenters. The van der Waals surface area contributed by atoms with Crippen molar-refractivity contribution in [3.63, 3.8) is 0 Å². The normalized spacial score (nSPS) is 15.8. The number of pyridine rings is 1. The Bertz CT molecular complexity index is 1420. The van der Waals surface area contributed by atoms with Crippen LogP contribution in [0.4, 0.5) is 5.82 Å². The number of H-pyrrole nitrogens is 1. The van der Waals surface area contributed by atoms with Gasteiger partial charge in [-0.1, -0.05) is 6.07 Å². The fraction of sp³-hybridized carbons (Fsp3) is 0.429. The Hall–Kier alpha value is -3.52. The van der Waals surface area contributed by atoms with Crippen molar-refractivity contribution in [3.8, 4) is 16.9 Å². The summed E-state index contributed by atoms with van der Waals surface area (Å²) < 4.78 is 6.20. The van der Waals surface area contributed by atoms with E-state index in [4.69, 9.17) is 14.7 Å². The Morgan fingerprint density at radius 2 is 1.94 bits per heavy atom. The van der Waals surface area contributed by atoms with Gasteiger partial charge in [0.05, 0.1) is 18.6 Å². The van der Waals surface area contributed by atoms with Crippen LogP contribution >= 0.6 is 0 Å². The number of rotatable bonds is 6. The largest absolute Gasteiger partial charge is 0.491 e. The van der Waals surface area contributed by atoms with E-state index in [1.54, 1.807) is 0 Å². The number of nitrogens with one attached hydrogen (secondary N) is 1.